The zero-order valence-electron chi connectivity index (χ0n) is 11.7. The summed E-state index contributed by atoms with van der Waals surface area (Å²) in [6, 6.07) is 0. The molecule has 0 saturated carbocycles. The third-order valence-electron chi connectivity index (χ3n) is 3.11. The molecule has 1 rings (SSSR count). The van der Waals surface area contributed by atoms with Gasteiger partial charge in [0.15, 0.2) is 6.29 Å². The van der Waals surface area contributed by atoms with Gasteiger partial charge in [-0.3, -0.25) is 0 Å². The van der Waals surface area contributed by atoms with Crippen LogP contribution in [0.5, 0.6) is 0 Å². The highest BCUT2D eigenvalue weighted by molar-refractivity contribution is 5.67. The maximum Gasteiger partial charge on any atom is 0.409 e. The first kappa shape index (κ1) is 15.2. The quantitative estimate of drug-likeness (QED) is 0.686. The van der Waals surface area contributed by atoms with Crippen LogP contribution in [0.1, 0.15) is 33.6 Å². The molecule has 0 unspecified atom stereocenters. The number of nitrogens with zero attached hydrogens (tertiary/aromatic N) is 1. The van der Waals surface area contributed by atoms with E-state index in [1.165, 1.54) is 0 Å². The van der Waals surface area contributed by atoms with Crippen LogP contribution in [-0.4, -0.2) is 50.2 Å². The summed E-state index contributed by atoms with van der Waals surface area (Å²) in [7, 11) is 0. The minimum absolute atomic E-state index is 0.135. The van der Waals surface area contributed by atoms with E-state index in [0.717, 1.165) is 25.9 Å². The Hall–Kier alpha value is -0.810. The van der Waals surface area contributed by atoms with Crippen LogP contribution in [-0.2, 0) is 14.2 Å². The molecule has 106 valence electrons. The summed E-state index contributed by atoms with van der Waals surface area (Å²) in [6.07, 6.45) is 1.47. The Bertz CT molecular complexity index is 233. The monoisotopic (exact) mass is 259 g/mol. The predicted octanol–water partition coefficient (Wildman–Crippen LogP) is 2.25. The Labute approximate surface area is 109 Å². The fourth-order valence-electron chi connectivity index (χ4n) is 2.22. The highest BCUT2D eigenvalue weighted by atomic mass is 16.7. The highest BCUT2D eigenvalue weighted by Crippen LogP contribution is 2.24. The average molecular weight is 259 g/mol. The lowest BCUT2D eigenvalue weighted by Crippen LogP contribution is -2.42. The summed E-state index contributed by atoms with van der Waals surface area (Å²) in [6.45, 7) is 8.95. The van der Waals surface area contributed by atoms with E-state index in [-0.39, 0.29) is 12.4 Å². The molecule has 1 saturated heterocycles. The van der Waals surface area contributed by atoms with Crippen molar-refractivity contribution >= 4 is 6.09 Å². The Morgan fingerprint density at radius 1 is 1.11 bits per heavy atom. The van der Waals surface area contributed by atoms with Gasteiger partial charge in [-0.05, 0) is 33.6 Å². The molecule has 0 radical (unpaired) electrons. The number of piperidine rings is 1. The lowest BCUT2D eigenvalue weighted by Gasteiger charge is -2.34. The van der Waals surface area contributed by atoms with Crippen molar-refractivity contribution in [3.63, 3.8) is 0 Å². The molecule has 0 aromatic carbocycles. The molecule has 1 heterocycles. The van der Waals surface area contributed by atoms with Gasteiger partial charge >= 0.3 is 6.09 Å². The first-order valence-electron chi connectivity index (χ1n) is 6.87. The second kappa shape index (κ2) is 8.32. The Morgan fingerprint density at radius 2 is 1.67 bits per heavy atom. The van der Waals surface area contributed by atoms with E-state index in [4.69, 9.17) is 14.2 Å². The van der Waals surface area contributed by atoms with E-state index in [9.17, 15) is 4.79 Å². The molecule has 1 amide bonds. The van der Waals surface area contributed by atoms with Crippen molar-refractivity contribution in [3.05, 3.63) is 0 Å². The molecular weight excluding hydrogens is 234 g/mol. The normalized spacial score (nSPS) is 17.2. The van der Waals surface area contributed by atoms with Crippen LogP contribution in [0, 0.1) is 5.92 Å². The molecular formula is C13H25NO4. The van der Waals surface area contributed by atoms with E-state index >= 15 is 0 Å². The molecule has 5 nitrogen and oxygen atoms in total. The van der Waals surface area contributed by atoms with Gasteiger partial charge in [-0.1, -0.05) is 0 Å². The number of ether oxygens (including phenoxy) is 3. The van der Waals surface area contributed by atoms with Crippen molar-refractivity contribution in [2.24, 2.45) is 5.92 Å². The number of likely N-dealkylation sites (tertiary alicyclic amines) is 1. The molecule has 0 aromatic heterocycles. The van der Waals surface area contributed by atoms with Crippen LogP contribution in [0.15, 0.2) is 0 Å². The third kappa shape index (κ3) is 4.46. The van der Waals surface area contributed by atoms with Gasteiger partial charge in [-0.2, -0.15) is 0 Å². The first-order chi connectivity index (χ1) is 8.72. The second-order valence-electron chi connectivity index (χ2n) is 4.30. The molecule has 0 N–H and O–H groups in total. The van der Waals surface area contributed by atoms with Crippen LogP contribution < -0.4 is 0 Å². The molecule has 1 fully saturated rings. The fourth-order valence-corrected chi connectivity index (χ4v) is 2.22. The number of amides is 1. The van der Waals surface area contributed by atoms with Crippen LogP contribution in [0.2, 0.25) is 0 Å². The van der Waals surface area contributed by atoms with Gasteiger partial charge in [0.25, 0.3) is 0 Å². The van der Waals surface area contributed by atoms with Gasteiger partial charge in [-0.15, -0.1) is 0 Å². The van der Waals surface area contributed by atoms with Gasteiger partial charge in [0, 0.05) is 32.2 Å². The minimum Gasteiger partial charge on any atom is -0.450 e. The third-order valence-corrected chi connectivity index (χ3v) is 3.11. The van der Waals surface area contributed by atoms with Crippen molar-refractivity contribution in [3.8, 4) is 0 Å². The number of carbonyl (C=O) groups is 1. The van der Waals surface area contributed by atoms with Crippen LogP contribution >= 0.6 is 0 Å². The zero-order chi connectivity index (χ0) is 13.4. The molecule has 0 aromatic rings. The lowest BCUT2D eigenvalue weighted by molar-refractivity contribution is -0.174. The van der Waals surface area contributed by atoms with Gasteiger partial charge < -0.3 is 19.1 Å². The SMILES string of the molecule is CCOC(=O)N1CCC(C(OCC)OCC)CC1. The van der Waals surface area contributed by atoms with Crippen molar-refractivity contribution in [2.75, 3.05) is 32.9 Å². The number of rotatable bonds is 6. The summed E-state index contributed by atoms with van der Waals surface area (Å²) in [5.74, 6) is 0.371. The summed E-state index contributed by atoms with van der Waals surface area (Å²) < 4.78 is 16.2. The average Bonchev–Trinajstić information content (AvgIpc) is 2.39. The van der Waals surface area contributed by atoms with Crippen LogP contribution in [0.25, 0.3) is 0 Å². The Balaban J connectivity index is 2.38. The minimum atomic E-state index is -0.208. The van der Waals surface area contributed by atoms with Crippen molar-refractivity contribution in [1.29, 1.82) is 0 Å². The number of hydrogen-bond donors (Lipinski definition) is 0. The molecule has 1 aliphatic heterocycles. The summed E-state index contributed by atoms with van der Waals surface area (Å²) in [5, 5.41) is 0. The van der Waals surface area contributed by atoms with Crippen LogP contribution in [0.3, 0.4) is 0 Å². The van der Waals surface area contributed by atoms with Crippen molar-refractivity contribution < 1.29 is 19.0 Å². The van der Waals surface area contributed by atoms with Crippen LogP contribution in [0.4, 0.5) is 4.79 Å². The lowest BCUT2D eigenvalue weighted by atomic mass is 9.96. The zero-order valence-corrected chi connectivity index (χ0v) is 11.7. The smallest absolute Gasteiger partial charge is 0.409 e. The molecule has 0 spiro atoms. The maximum absolute atomic E-state index is 11.6. The first-order valence-corrected chi connectivity index (χ1v) is 6.87. The van der Waals surface area contributed by atoms with Crippen molar-refractivity contribution in [1.82, 2.24) is 4.90 Å². The van der Waals surface area contributed by atoms with Gasteiger partial charge in [0.1, 0.15) is 0 Å². The summed E-state index contributed by atoms with van der Waals surface area (Å²) in [5.41, 5.74) is 0. The van der Waals surface area contributed by atoms with E-state index in [0.29, 0.717) is 25.7 Å². The largest absolute Gasteiger partial charge is 0.450 e. The summed E-state index contributed by atoms with van der Waals surface area (Å²) >= 11 is 0. The number of hydrogen-bond acceptors (Lipinski definition) is 4. The van der Waals surface area contributed by atoms with E-state index in [1.807, 2.05) is 20.8 Å². The Kier molecular flexibility index (Phi) is 7.05. The standard InChI is InChI=1S/C13H25NO4/c1-4-16-12(17-5-2)11-7-9-14(10-8-11)13(15)18-6-3/h11-12H,4-10H2,1-3H3. The van der Waals surface area contributed by atoms with E-state index in [1.54, 1.807) is 4.90 Å². The number of carbonyl (C=O) groups excluding carboxylic acids is 1. The van der Waals surface area contributed by atoms with Gasteiger partial charge in [0.2, 0.25) is 0 Å². The predicted molar refractivity (Wildman–Crippen MR) is 68.4 cm³/mol. The topological polar surface area (TPSA) is 48.0 Å². The molecule has 1 aliphatic rings. The second-order valence-corrected chi connectivity index (χ2v) is 4.30. The van der Waals surface area contributed by atoms with Gasteiger partial charge in [0.05, 0.1) is 6.61 Å². The van der Waals surface area contributed by atoms with E-state index < -0.39 is 0 Å². The fraction of sp³-hybridized carbons (Fsp3) is 0.923. The summed E-state index contributed by atoms with van der Waals surface area (Å²) in [4.78, 5) is 13.3. The molecule has 0 aliphatic carbocycles. The van der Waals surface area contributed by atoms with Crippen molar-refractivity contribution in [2.45, 2.75) is 39.9 Å². The molecule has 0 atom stereocenters. The van der Waals surface area contributed by atoms with Gasteiger partial charge in [-0.25, -0.2) is 4.79 Å². The molecule has 18 heavy (non-hydrogen) atoms. The molecule has 5 heteroatoms. The van der Waals surface area contributed by atoms with E-state index in [2.05, 4.69) is 0 Å². The highest BCUT2D eigenvalue weighted by Gasteiger charge is 2.29. The Morgan fingerprint density at radius 3 is 2.11 bits per heavy atom. The maximum atomic E-state index is 11.6. The molecule has 0 bridgehead atoms.